The van der Waals surface area contributed by atoms with Crippen LogP contribution in [0.3, 0.4) is 0 Å². The Morgan fingerprint density at radius 1 is 1.32 bits per heavy atom. The van der Waals surface area contributed by atoms with E-state index in [1.807, 2.05) is 25.1 Å². The first kappa shape index (κ1) is 11.9. The highest BCUT2D eigenvalue weighted by atomic mass is 79.9. The minimum absolute atomic E-state index is 0.185. The Hall–Kier alpha value is -2.15. The van der Waals surface area contributed by atoms with Crippen LogP contribution in [0, 0.1) is 6.92 Å². The average molecular weight is 319 g/mol. The number of hydrogen-bond donors (Lipinski definition) is 3. The molecule has 1 aromatic carbocycles. The number of benzene rings is 1. The summed E-state index contributed by atoms with van der Waals surface area (Å²) in [7, 11) is 0. The second-order valence-electron chi connectivity index (χ2n) is 4.14. The highest BCUT2D eigenvalue weighted by molar-refractivity contribution is 9.10. The molecule has 0 unspecified atom stereocenters. The van der Waals surface area contributed by atoms with Crippen LogP contribution in [0.1, 0.15) is 5.56 Å². The number of fused-ring (bicyclic) bond motifs is 1. The van der Waals surface area contributed by atoms with Crippen LogP contribution in [-0.2, 0) is 0 Å². The molecule has 0 aliphatic rings. The third-order valence-electron chi connectivity index (χ3n) is 2.68. The number of nitrogen functional groups attached to an aromatic ring is 1. The van der Waals surface area contributed by atoms with Gasteiger partial charge in [0.2, 0.25) is 5.95 Å². The van der Waals surface area contributed by atoms with Gasteiger partial charge in [-0.3, -0.25) is 0 Å². The summed E-state index contributed by atoms with van der Waals surface area (Å²) in [5, 5.41) is 3.22. The quantitative estimate of drug-likeness (QED) is 0.675. The molecule has 0 saturated carbocycles. The Morgan fingerprint density at radius 3 is 2.95 bits per heavy atom. The smallest absolute Gasteiger partial charge is 0.224 e. The van der Waals surface area contributed by atoms with Gasteiger partial charge in [0.15, 0.2) is 11.5 Å². The van der Waals surface area contributed by atoms with Gasteiger partial charge in [0.1, 0.15) is 5.52 Å². The van der Waals surface area contributed by atoms with Crippen molar-refractivity contribution in [3.63, 3.8) is 0 Å². The van der Waals surface area contributed by atoms with E-state index in [1.54, 1.807) is 6.33 Å². The third kappa shape index (κ3) is 2.24. The molecule has 2 heterocycles. The standard InChI is InChI=1S/C12H11BrN6/c1-6-2-3-8(7(13)4-6)17-11-9-10(16-5-15-9)18-12(14)19-11/h2-5H,1H3,(H4,14,15,16,17,18,19). The predicted molar refractivity (Wildman–Crippen MR) is 78.3 cm³/mol. The lowest BCUT2D eigenvalue weighted by Crippen LogP contribution is -2.01. The maximum atomic E-state index is 5.67. The van der Waals surface area contributed by atoms with Gasteiger partial charge in [0.05, 0.1) is 12.0 Å². The molecular formula is C12H11BrN6. The fourth-order valence-corrected chi connectivity index (χ4v) is 2.38. The van der Waals surface area contributed by atoms with Crippen LogP contribution in [0.5, 0.6) is 0 Å². The molecule has 0 radical (unpaired) electrons. The first-order chi connectivity index (χ1) is 9.13. The van der Waals surface area contributed by atoms with E-state index in [1.165, 1.54) is 5.56 Å². The summed E-state index contributed by atoms with van der Waals surface area (Å²) >= 11 is 3.51. The minimum Gasteiger partial charge on any atom is -0.368 e. The summed E-state index contributed by atoms with van der Waals surface area (Å²) < 4.78 is 0.956. The molecule has 3 rings (SSSR count). The molecular weight excluding hydrogens is 308 g/mol. The predicted octanol–water partition coefficient (Wildman–Crippen LogP) is 2.75. The summed E-state index contributed by atoms with van der Waals surface area (Å²) in [4.78, 5) is 15.3. The molecule has 0 bridgehead atoms. The van der Waals surface area contributed by atoms with E-state index in [2.05, 4.69) is 41.2 Å². The normalized spacial score (nSPS) is 10.8. The van der Waals surface area contributed by atoms with Gasteiger partial charge in [-0.15, -0.1) is 0 Å². The van der Waals surface area contributed by atoms with Gasteiger partial charge in [-0.25, -0.2) is 4.98 Å². The number of aromatic amines is 1. The Morgan fingerprint density at radius 2 is 2.16 bits per heavy atom. The maximum absolute atomic E-state index is 5.67. The van der Waals surface area contributed by atoms with E-state index in [0.29, 0.717) is 11.5 Å². The summed E-state index contributed by atoms with van der Waals surface area (Å²) in [5.41, 5.74) is 9.01. The number of H-pyrrole nitrogens is 1. The van der Waals surface area contributed by atoms with Crippen LogP contribution >= 0.6 is 15.9 Å². The fourth-order valence-electron chi connectivity index (χ4n) is 1.79. The summed E-state index contributed by atoms with van der Waals surface area (Å²) in [6.45, 7) is 2.03. The SMILES string of the molecule is Cc1ccc(Nc2nc(N)nc3nc[nH]c23)c(Br)c1. The van der Waals surface area contributed by atoms with E-state index in [0.717, 1.165) is 15.7 Å². The van der Waals surface area contributed by atoms with Crippen molar-refractivity contribution in [2.75, 3.05) is 11.1 Å². The van der Waals surface area contributed by atoms with Crippen LogP contribution in [0.4, 0.5) is 17.5 Å². The van der Waals surface area contributed by atoms with Crippen LogP contribution in [0.25, 0.3) is 11.2 Å². The van der Waals surface area contributed by atoms with Gasteiger partial charge in [0.25, 0.3) is 0 Å². The number of rotatable bonds is 2. The van der Waals surface area contributed by atoms with Gasteiger partial charge >= 0.3 is 0 Å². The van der Waals surface area contributed by atoms with Crippen molar-refractivity contribution in [3.05, 3.63) is 34.6 Å². The number of nitrogens with two attached hydrogens (primary N) is 1. The molecule has 0 atom stereocenters. The first-order valence-corrected chi connectivity index (χ1v) is 6.42. The van der Waals surface area contributed by atoms with Gasteiger partial charge in [-0.05, 0) is 40.5 Å². The molecule has 3 aromatic rings. The topological polar surface area (TPSA) is 92.5 Å². The number of halogens is 1. The Bertz CT molecular complexity index is 751. The number of nitrogens with zero attached hydrogens (tertiary/aromatic N) is 3. The molecule has 0 saturated heterocycles. The molecule has 0 spiro atoms. The van der Waals surface area contributed by atoms with Crippen molar-refractivity contribution in [1.82, 2.24) is 19.9 Å². The molecule has 0 aliphatic carbocycles. The zero-order valence-electron chi connectivity index (χ0n) is 10.1. The molecule has 7 heteroatoms. The number of aromatic nitrogens is 4. The van der Waals surface area contributed by atoms with Crippen LogP contribution in [-0.4, -0.2) is 19.9 Å². The number of aryl methyl sites for hydroxylation is 1. The molecule has 0 aliphatic heterocycles. The first-order valence-electron chi connectivity index (χ1n) is 5.63. The zero-order valence-corrected chi connectivity index (χ0v) is 11.7. The Kier molecular flexibility index (Phi) is 2.83. The van der Waals surface area contributed by atoms with Crippen LogP contribution < -0.4 is 11.1 Å². The van der Waals surface area contributed by atoms with Crippen molar-refractivity contribution in [1.29, 1.82) is 0 Å². The van der Waals surface area contributed by atoms with E-state index in [4.69, 9.17) is 5.73 Å². The lowest BCUT2D eigenvalue weighted by Gasteiger charge is -2.09. The fraction of sp³-hybridized carbons (Fsp3) is 0.0833. The molecule has 96 valence electrons. The molecule has 19 heavy (non-hydrogen) atoms. The second-order valence-corrected chi connectivity index (χ2v) is 4.99. The lowest BCUT2D eigenvalue weighted by molar-refractivity contribution is 1.21. The van der Waals surface area contributed by atoms with Crippen molar-refractivity contribution in [2.24, 2.45) is 0 Å². The second kappa shape index (κ2) is 4.51. The average Bonchev–Trinajstić information content (AvgIpc) is 2.80. The Balaban J connectivity index is 2.07. The van der Waals surface area contributed by atoms with E-state index < -0.39 is 0 Å². The summed E-state index contributed by atoms with van der Waals surface area (Å²) in [5.74, 6) is 0.787. The van der Waals surface area contributed by atoms with Gasteiger partial charge in [-0.2, -0.15) is 9.97 Å². The van der Waals surface area contributed by atoms with Gasteiger partial charge < -0.3 is 16.0 Å². The highest BCUT2D eigenvalue weighted by Gasteiger charge is 2.10. The van der Waals surface area contributed by atoms with E-state index in [-0.39, 0.29) is 5.95 Å². The van der Waals surface area contributed by atoms with Crippen molar-refractivity contribution < 1.29 is 0 Å². The maximum Gasteiger partial charge on any atom is 0.224 e. The third-order valence-corrected chi connectivity index (χ3v) is 3.34. The van der Waals surface area contributed by atoms with Gasteiger partial charge in [-0.1, -0.05) is 6.07 Å². The highest BCUT2D eigenvalue weighted by Crippen LogP contribution is 2.28. The summed E-state index contributed by atoms with van der Waals surface area (Å²) in [6, 6.07) is 6.01. The number of imidazole rings is 1. The van der Waals surface area contributed by atoms with E-state index >= 15 is 0 Å². The largest absolute Gasteiger partial charge is 0.368 e. The molecule has 4 N–H and O–H groups in total. The Labute approximate surface area is 117 Å². The number of anilines is 3. The van der Waals surface area contributed by atoms with Crippen LogP contribution in [0.2, 0.25) is 0 Å². The molecule has 6 nitrogen and oxygen atoms in total. The molecule has 0 amide bonds. The lowest BCUT2D eigenvalue weighted by atomic mass is 10.2. The zero-order chi connectivity index (χ0) is 13.4. The van der Waals surface area contributed by atoms with Crippen molar-refractivity contribution in [3.8, 4) is 0 Å². The monoisotopic (exact) mass is 318 g/mol. The summed E-state index contributed by atoms with van der Waals surface area (Å²) in [6.07, 6.45) is 1.56. The number of nitrogens with one attached hydrogen (secondary N) is 2. The van der Waals surface area contributed by atoms with Gasteiger partial charge in [0, 0.05) is 4.47 Å². The minimum atomic E-state index is 0.185. The van der Waals surface area contributed by atoms with Crippen molar-refractivity contribution >= 4 is 44.5 Å². The molecule has 0 fully saturated rings. The van der Waals surface area contributed by atoms with E-state index in [9.17, 15) is 0 Å². The molecule has 2 aromatic heterocycles. The number of hydrogen-bond acceptors (Lipinski definition) is 5. The van der Waals surface area contributed by atoms with Crippen molar-refractivity contribution in [2.45, 2.75) is 6.92 Å². The van der Waals surface area contributed by atoms with Crippen LogP contribution in [0.15, 0.2) is 29.0 Å².